The van der Waals surface area contributed by atoms with Crippen LogP contribution in [0.2, 0.25) is 0 Å². The van der Waals surface area contributed by atoms with Gasteiger partial charge in [0.2, 0.25) is 0 Å². The zero-order chi connectivity index (χ0) is 19.5. The first-order valence-corrected chi connectivity index (χ1v) is 10.7. The first-order chi connectivity index (χ1) is 13.0. The maximum Gasteiger partial charge on any atom is 0.191 e. The summed E-state index contributed by atoms with van der Waals surface area (Å²) in [5, 5.41) is 17.0. The molecule has 0 heterocycles. The molecule has 3 N–H and O–H groups in total. The highest BCUT2D eigenvalue weighted by Crippen LogP contribution is 2.20. The van der Waals surface area contributed by atoms with Crippen molar-refractivity contribution in [2.75, 3.05) is 25.4 Å². The van der Waals surface area contributed by atoms with Gasteiger partial charge in [0, 0.05) is 35.4 Å². The van der Waals surface area contributed by atoms with Crippen molar-refractivity contribution in [1.29, 1.82) is 0 Å². The van der Waals surface area contributed by atoms with E-state index in [1.54, 1.807) is 6.92 Å². The highest BCUT2D eigenvalue weighted by Gasteiger charge is 2.22. The quantitative estimate of drug-likeness (QED) is 0.273. The van der Waals surface area contributed by atoms with Crippen LogP contribution in [0.5, 0.6) is 0 Å². The zero-order valence-electron chi connectivity index (χ0n) is 16.4. The summed E-state index contributed by atoms with van der Waals surface area (Å²) in [7, 11) is -0.937. The maximum absolute atomic E-state index is 12.2. The minimum absolute atomic E-state index is 0. The van der Waals surface area contributed by atoms with Crippen LogP contribution in [0.25, 0.3) is 0 Å². The van der Waals surface area contributed by atoms with E-state index in [0.29, 0.717) is 30.6 Å². The molecule has 2 rings (SSSR count). The molecule has 0 aliphatic heterocycles. The van der Waals surface area contributed by atoms with Crippen LogP contribution in [0.1, 0.15) is 25.0 Å². The maximum atomic E-state index is 12.2. The van der Waals surface area contributed by atoms with Crippen LogP contribution < -0.4 is 10.6 Å². The predicted molar refractivity (Wildman–Crippen MR) is 129 cm³/mol. The number of aliphatic imine (C=N–C) groups is 1. The van der Waals surface area contributed by atoms with E-state index >= 15 is 0 Å². The summed E-state index contributed by atoms with van der Waals surface area (Å²) in [5.41, 5.74) is 0.864. The highest BCUT2D eigenvalue weighted by molar-refractivity contribution is 14.0. The molecule has 0 saturated heterocycles. The van der Waals surface area contributed by atoms with Gasteiger partial charge in [-0.15, -0.1) is 24.0 Å². The smallest absolute Gasteiger partial charge is 0.191 e. The first kappa shape index (κ1) is 24.6. The Morgan fingerprint density at radius 1 is 1.07 bits per heavy atom. The number of nitrogens with zero attached hydrogens (tertiary/aromatic N) is 1. The van der Waals surface area contributed by atoms with E-state index in [9.17, 15) is 9.32 Å². The van der Waals surface area contributed by atoms with E-state index in [1.165, 1.54) is 0 Å². The molecule has 0 aromatic heterocycles. The highest BCUT2D eigenvalue weighted by atomic mass is 127. The summed E-state index contributed by atoms with van der Waals surface area (Å²) < 4.78 is 12.2. The van der Waals surface area contributed by atoms with Gasteiger partial charge >= 0.3 is 0 Å². The Labute approximate surface area is 187 Å². The number of guanidine groups is 1. The molecule has 2 aromatic carbocycles. The Morgan fingerprint density at radius 2 is 1.68 bits per heavy atom. The number of rotatable bonds is 9. The van der Waals surface area contributed by atoms with E-state index in [1.807, 2.05) is 67.6 Å². The van der Waals surface area contributed by atoms with Crippen molar-refractivity contribution in [3.8, 4) is 0 Å². The topological polar surface area (TPSA) is 73.7 Å². The summed E-state index contributed by atoms with van der Waals surface area (Å²) in [6, 6.07) is 19.4. The van der Waals surface area contributed by atoms with Gasteiger partial charge in [0.15, 0.2) is 5.96 Å². The summed E-state index contributed by atoms with van der Waals surface area (Å²) in [5.74, 6) is 1.71. The predicted octanol–water partition coefficient (Wildman–Crippen LogP) is 3.02. The van der Waals surface area contributed by atoms with Gasteiger partial charge in [0.05, 0.1) is 6.54 Å². The molecule has 0 radical (unpaired) electrons. The van der Waals surface area contributed by atoms with Gasteiger partial charge in [-0.05, 0) is 25.0 Å². The number of nitrogens with one attached hydrogen (secondary N) is 2. The standard InChI is InChI=1S/C21H29N3O2S.HI/c1-3-22-20(24-17-21(2,25)19-12-8-5-9-13-19)23-14-15-27(26)16-18-10-6-4-7-11-18;/h4-13,25H,3,14-17H2,1-2H3,(H2,22,23,24);1H. The van der Waals surface area contributed by atoms with Gasteiger partial charge in [0.1, 0.15) is 5.60 Å². The lowest BCUT2D eigenvalue weighted by atomic mass is 9.96. The van der Waals surface area contributed by atoms with E-state index in [0.717, 1.165) is 11.1 Å². The SMILES string of the molecule is CCNC(=NCC(C)(O)c1ccccc1)NCCS(=O)Cc1ccccc1.I. The van der Waals surface area contributed by atoms with Crippen LogP contribution in [0.4, 0.5) is 0 Å². The van der Waals surface area contributed by atoms with Crippen molar-refractivity contribution < 1.29 is 9.32 Å². The Hall–Kier alpha value is -1.45. The van der Waals surface area contributed by atoms with Crippen LogP contribution in [-0.4, -0.2) is 40.7 Å². The van der Waals surface area contributed by atoms with Crippen molar-refractivity contribution in [2.45, 2.75) is 25.2 Å². The lowest BCUT2D eigenvalue weighted by molar-refractivity contribution is 0.0672. The number of halogens is 1. The molecule has 28 heavy (non-hydrogen) atoms. The summed E-state index contributed by atoms with van der Waals surface area (Å²) in [4.78, 5) is 4.49. The monoisotopic (exact) mass is 515 g/mol. The van der Waals surface area contributed by atoms with E-state index in [-0.39, 0.29) is 30.5 Å². The molecule has 0 fully saturated rings. The van der Waals surface area contributed by atoms with Crippen molar-refractivity contribution in [3.05, 3.63) is 71.8 Å². The van der Waals surface area contributed by atoms with Gasteiger partial charge in [0.25, 0.3) is 0 Å². The molecule has 154 valence electrons. The van der Waals surface area contributed by atoms with Crippen LogP contribution in [0, 0.1) is 0 Å². The number of aliphatic hydroxyl groups is 1. The van der Waals surface area contributed by atoms with Crippen molar-refractivity contribution in [2.24, 2.45) is 4.99 Å². The lowest BCUT2D eigenvalue weighted by Crippen LogP contribution is -2.40. The third-order valence-corrected chi connectivity index (χ3v) is 5.39. The number of hydrogen-bond acceptors (Lipinski definition) is 3. The molecule has 0 spiro atoms. The lowest BCUT2D eigenvalue weighted by Gasteiger charge is -2.22. The second-order valence-electron chi connectivity index (χ2n) is 6.54. The molecular weight excluding hydrogens is 485 g/mol. The normalized spacial score (nSPS) is 14.5. The van der Waals surface area contributed by atoms with E-state index in [2.05, 4.69) is 15.6 Å². The molecule has 0 aliphatic rings. The Morgan fingerprint density at radius 3 is 2.29 bits per heavy atom. The average Bonchev–Trinajstić information content (AvgIpc) is 2.67. The van der Waals surface area contributed by atoms with Crippen LogP contribution in [0.15, 0.2) is 65.7 Å². The molecule has 0 aliphatic carbocycles. The van der Waals surface area contributed by atoms with Crippen molar-refractivity contribution in [1.82, 2.24) is 10.6 Å². The van der Waals surface area contributed by atoms with Gasteiger partial charge in [-0.3, -0.25) is 4.21 Å². The van der Waals surface area contributed by atoms with Gasteiger partial charge in [-0.25, -0.2) is 4.99 Å². The molecular formula is C21H30IN3O2S. The number of hydrogen-bond donors (Lipinski definition) is 3. The molecule has 0 amide bonds. The first-order valence-electron chi connectivity index (χ1n) is 9.20. The van der Waals surface area contributed by atoms with Crippen molar-refractivity contribution >= 4 is 40.7 Å². The number of benzene rings is 2. The van der Waals surface area contributed by atoms with Gasteiger partial charge < -0.3 is 15.7 Å². The molecule has 7 heteroatoms. The molecule has 5 nitrogen and oxygen atoms in total. The summed E-state index contributed by atoms with van der Waals surface area (Å²) >= 11 is 0. The second-order valence-corrected chi connectivity index (χ2v) is 8.11. The Bertz CT molecular complexity index is 740. The molecule has 0 saturated carbocycles. The van der Waals surface area contributed by atoms with Crippen LogP contribution in [-0.2, 0) is 22.2 Å². The minimum atomic E-state index is -1.04. The minimum Gasteiger partial charge on any atom is -0.384 e. The van der Waals surface area contributed by atoms with E-state index in [4.69, 9.17) is 0 Å². The van der Waals surface area contributed by atoms with E-state index < -0.39 is 16.4 Å². The molecule has 2 aromatic rings. The molecule has 0 bridgehead atoms. The fourth-order valence-corrected chi connectivity index (χ4v) is 3.62. The van der Waals surface area contributed by atoms with Crippen molar-refractivity contribution in [3.63, 3.8) is 0 Å². The van der Waals surface area contributed by atoms with Gasteiger partial charge in [-0.1, -0.05) is 60.7 Å². The summed E-state index contributed by atoms with van der Waals surface area (Å²) in [6.07, 6.45) is 0. The Kier molecular flexibility index (Phi) is 11.3. The third kappa shape index (κ3) is 8.70. The summed E-state index contributed by atoms with van der Waals surface area (Å²) in [6.45, 7) is 5.25. The van der Waals surface area contributed by atoms with Gasteiger partial charge in [-0.2, -0.15) is 0 Å². The zero-order valence-corrected chi connectivity index (χ0v) is 19.6. The fourth-order valence-electron chi connectivity index (χ4n) is 2.58. The fraction of sp³-hybridized carbons (Fsp3) is 0.381. The molecule has 2 atom stereocenters. The second kappa shape index (κ2) is 12.9. The van der Waals surface area contributed by atoms with Crippen LogP contribution >= 0.6 is 24.0 Å². The molecule has 2 unspecified atom stereocenters. The van der Waals surface area contributed by atoms with Crippen LogP contribution in [0.3, 0.4) is 0 Å². The largest absolute Gasteiger partial charge is 0.384 e. The average molecular weight is 515 g/mol. The third-order valence-electron chi connectivity index (χ3n) is 4.08. The Balaban J connectivity index is 0.00000392.